The molecule has 0 N–H and O–H groups in total. The summed E-state index contributed by atoms with van der Waals surface area (Å²) in [6.45, 7) is 5.95. The molecule has 0 unspecified atom stereocenters. The van der Waals surface area contributed by atoms with Gasteiger partial charge < -0.3 is 4.74 Å². The van der Waals surface area contributed by atoms with Crippen LogP contribution in [0.2, 0.25) is 5.02 Å². The summed E-state index contributed by atoms with van der Waals surface area (Å²) in [6.07, 6.45) is 1.74. The Morgan fingerprint density at radius 1 is 1.26 bits per heavy atom. The second kappa shape index (κ2) is 8.59. The summed E-state index contributed by atoms with van der Waals surface area (Å²) in [5.74, 6) is -0.247. The highest BCUT2D eigenvalue weighted by atomic mass is 35.5. The number of benzene rings is 1. The molecule has 0 bridgehead atoms. The van der Waals surface area contributed by atoms with Crippen LogP contribution in [0, 0.1) is 0 Å². The summed E-state index contributed by atoms with van der Waals surface area (Å²) < 4.78 is 7.29. The van der Waals surface area contributed by atoms with Crippen LogP contribution in [0.15, 0.2) is 58.6 Å². The zero-order chi connectivity index (χ0) is 19.4. The SMILES string of the molecule is CC(=O)Oc1nc(C(C)C)c(Sc2cccc(Cl)c2)n1Cc1ccccn1. The lowest BCUT2D eigenvalue weighted by molar-refractivity contribution is -0.132. The smallest absolute Gasteiger partial charge is 0.310 e. The maximum absolute atomic E-state index is 11.6. The number of aromatic nitrogens is 3. The number of hydrogen-bond donors (Lipinski definition) is 0. The van der Waals surface area contributed by atoms with Gasteiger partial charge in [0.05, 0.1) is 17.9 Å². The fraction of sp³-hybridized carbons (Fsp3) is 0.250. The highest BCUT2D eigenvalue weighted by molar-refractivity contribution is 7.99. The average molecular weight is 402 g/mol. The summed E-state index contributed by atoms with van der Waals surface area (Å²) in [7, 11) is 0. The Morgan fingerprint density at radius 3 is 2.70 bits per heavy atom. The molecule has 2 aromatic heterocycles. The third kappa shape index (κ3) is 4.90. The molecule has 0 fully saturated rings. The summed E-state index contributed by atoms with van der Waals surface area (Å²) >= 11 is 7.69. The summed E-state index contributed by atoms with van der Waals surface area (Å²) in [4.78, 5) is 21.6. The molecule has 0 aliphatic heterocycles. The maximum Gasteiger partial charge on any atom is 0.310 e. The van der Waals surface area contributed by atoms with E-state index >= 15 is 0 Å². The van der Waals surface area contributed by atoms with Gasteiger partial charge in [-0.05, 0) is 36.2 Å². The van der Waals surface area contributed by atoms with Crippen molar-refractivity contribution in [1.29, 1.82) is 0 Å². The molecule has 0 atom stereocenters. The number of carbonyl (C=O) groups excluding carboxylic acids is 1. The molecule has 2 heterocycles. The third-order valence-corrected chi connectivity index (χ3v) is 5.10. The van der Waals surface area contributed by atoms with Gasteiger partial charge in [-0.1, -0.05) is 49.3 Å². The van der Waals surface area contributed by atoms with Crippen molar-refractivity contribution in [2.75, 3.05) is 0 Å². The molecular formula is C20H20ClN3O2S. The summed E-state index contributed by atoms with van der Waals surface area (Å²) in [5.41, 5.74) is 1.72. The molecular weight excluding hydrogens is 382 g/mol. The van der Waals surface area contributed by atoms with Crippen molar-refractivity contribution < 1.29 is 9.53 Å². The quantitative estimate of drug-likeness (QED) is 0.532. The van der Waals surface area contributed by atoms with E-state index in [0.29, 0.717) is 11.6 Å². The minimum absolute atomic E-state index is 0.158. The van der Waals surface area contributed by atoms with E-state index in [9.17, 15) is 4.79 Å². The number of pyridine rings is 1. The number of rotatable bonds is 6. The van der Waals surface area contributed by atoms with Gasteiger partial charge in [0.1, 0.15) is 5.03 Å². The first-order chi connectivity index (χ1) is 12.9. The summed E-state index contributed by atoms with van der Waals surface area (Å²) in [6, 6.07) is 13.6. The predicted octanol–water partition coefficient (Wildman–Crippen LogP) is 5.18. The van der Waals surface area contributed by atoms with Gasteiger partial charge in [-0.3, -0.25) is 14.3 Å². The van der Waals surface area contributed by atoms with E-state index in [1.807, 2.05) is 47.0 Å². The normalized spacial score (nSPS) is 11.0. The van der Waals surface area contributed by atoms with E-state index in [2.05, 4.69) is 23.8 Å². The Hall–Kier alpha value is -2.31. The highest BCUT2D eigenvalue weighted by Crippen LogP contribution is 2.38. The number of hydrogen-bond acceptors (Lipinski definition) is 5. The molecule has 0 amide bonds. The van der Waals surface area contributed by atoms with Crippen LogP contribution < -0.4 is 4.74 Å². The van der Waals surface area contributed by atoms with Crippen molar-refractivity contribution in [3.63, 3.8) is 0 Å². The van der Waals surface area contributed by atoms with Crippen LogP contribution in [-0.2, 0) is 11.3 Å². The number of carbonyl (C=O) groups is 1. The highest BCUT2D eigenvalue weighted by Gasteiger charge is 2.23. The van der Waals surface area contributed by atoms with Crippen molar-refractivity contribution in [3.8, 4) is 6.01 Å². The van der Waals surface area contributed by atoms with Crippen LogP contribution >= 0.6 is 23.4 Å². The molecule has 5 nitrogen and oxygen atoms in total. The number of halogens is 1. The fourth-order valence-electron chi connectivity index (χ4n) is 2.56. The maximum atomic E-state index is 11.6. The number of nitrogens with zero attached hydrogens (tertiary/aromatic N) is 3. The van der Waals surface area contributed by atoms with Crippen molar-refractivity contribution in [1.82, 2.24) is 14.5 Å². The van der Waals surface area contributed by atoms with Crippen LogP contribution in [-0.4, -0.2) is 20.5 Å². The molecule has 3 aromatic rings. The Labute approximate surface area is 167 Å². The Bertz CT molecular complexity index is 942. The lowest BCUT2D eigenvalue weighted by Crippen LogP contribution is -2.10. The Kier molecular flexibility index (Phi) is 6.19. The molecule has 7 heteroatoms. The number of ether oxygens (including phenoxy) is 1. The van der Waals surface area contributed by atoms with E-state index in [1.54, 1.807) is 18.0 Å². The van der Waals surface area contributed by atoms with Gasteiger partial charge in [-0.15, -0.1) is 0 Å². The van der Waals surface area contributed by atoms with Crippen molar-refractivity contribution in [3.05, 3.63) is 65.1 Å². The van der Waals surface area contributed by atoms with Crippen molar-refractivity contribution in [2.45, 2.75) is 43.2 Å². The predicted molar refractivity (Wildman–Crippen MR) is 107 cm³/mol. The first-order valence-corrected chi connectivity index (χ1v) is 9.75. The molecule has 140 valence electrons. The average Bonchev–Trinajstić information content (AvgIpc) is 2.93. The van der Waals surface area contributed by atoms with Crippen molar-refractivity contribution >= 4 is 29.3 Å². The monoisotopic (exact) mass is 401 g/mol. The Morgan fingerprint density at radius 2 is 2.07 bits per heavy atom. The molecule has 27 heavy (non-hydrogen) atoms. The third-order valence-electron chi connectivity index (χ3n) is 3.75. The van der Waals surface area contributed by atoms with Crippen LogP contribution in [0.5, 0.6) is 6.01 Å². The van der Waals surface area contributed by atoms with Crippen LogP contribution in [0.25, 0.3) is 0 Å². The standard InChI is InChI=1S/C20H20ClN3O2S/c1-13(2)18-19(27-17-9-6-7-15(21)11-17)24(20(23-18)26-14(3)25)12-16-8-4-5-10-22-16/h4-11,13H,12H2,1-3H3. The molecule has 0 saturated carbocycles. The van der Waals surface area contributed by atoms with E-state index in [4.69, 9.17) is 16.3 Å². The summed E-state index contributed by atoms with van der Waals surface area (Å²) in [5, 5.41) is 1.58. The van der Waals surface area contributed by atoms with Gasteiger partial charge in [0, 0.05) is 23.0 Å². The zero-order valence-corrected chi connectivity index (χ0v) is 16.9. The minimum Gasteiger partial charge on any atom is -0.392 e. The topological polar surface area (TPSA) is 57.0 Å². The second-order valence-corrected chi connectivity index (χ2v) is 7.80. The lowest BCUT2D eigenvalue weighted by Gasteiger charge is -2.12. The lowest BCUT2D eigenvalue weighted by atomic mass is 10.1. The zero-order valence-electron chi connectivity index (χ0n) is 15.3. The van der Waals surface area contributed by atoms with Gasteiger partial charge in [-0.2, -0.15) is 4.98 Å². The van der Waals surface area contributed by atoms with Crippen LogP contribution in [0.4, 0.5) is 0 Å². The van der Waals surface area contributed by atoms with Gasteiger partial charge in [0.2, 0.25) is 0 Å². The fourth-order valence-corrected chi connectivity index (χ4v) is 4.01. The largest absolute Gasteiger partial charge is 0.392 e. The molecule has 0 spiro atoms. The van der Waals surface area contributed by atoms with Gasteiger partial charge in [-0.25, -0.2) is 0 Å². The molecule has 3 rings (SSSR count). The first-order valence-electron chi connectivity index (χ1n) is 8.56. The van der Waals surface area contributed by atoms with Gasteiger partial charge in [0.25, 0.3) is 0 Å². The molecule has 0 saturated heterocycles. The minimum atomic E-state index is -0.406. The van der Waals surface area contributed by atoms with Gasteiger partial charge in [0.15, 0.2) is 0 Å². The molecule has 0 aliphatic carbocycles. The van der Waals surface area contributed by atoms with E-state index < -0.39 is 5.97 Å². The second-order valence-electron chi connectivity index (χ2n) is 6.30. The van der Waals surface area contributed by atoms with E-state index in [0.717, 1.165) is 21.3 Å². The Balaban J connectivity index is 2.09. The van der Waals surface area contributed by atoms with E-state index in [1.165, 1.54) is 6.92 Å². The molecule has 0 radical (unpaired) electrons. The molecule has 1 aromatic carbocycles. The van der Waals surface area contributed by atoms with Crippen LogP contribution in [0.1, 0.15) is 38.1 Å². The van der Waals surface area contributed by atoms with Gasteiger partial charge >= 0.3 is 12.0 Å². The first kappa shape index (κ1) is 19.5. The van der Waals surface area contributed by atoms with Crippen LogP contribution in [0.3, 0.4) is 0 Å². The molecule has 0 aliphatic rings. The number of imidazole rings is 1. The van der Waals surface area contributed by atoms with Crippen molar-refractivity contribution in [2.24, 2.45) is 0 Å². The van der Waals surface area contributed by atoms with E-state index in [-0.39, 0.29) is 11.9 Å². The number of esters is 1.